The van der Waals surface area contributed by atoms with E-state index in [1.165, 1.54) is 11.8 Å². The Hall–Kier alpha value is -0.910. The van der Waals surface area contributed by atoms with E-state index in [0.717, 1.165) is 0 Å². The Morgan fingerprint density at radius 3 is 2.58 bits per heavy atom. The second-order valence-electron chi connectivity index (χ2n) is 2.18. The van der Waals surface area contributed by atoms with Crippen LogP contribution < -0.4 is 11.1 Å². The summed E-state index contributed by atoms with van der Waals surface area (Å²) in [5.41, 5.74) is 4.78. The zero-order chi connectivity index (χ0) is 9.56. The number of rotatable bonds is 5. The molecule has 0 bridgehead atoms. The maximum atomic E-state index is 10.5. The number of thioether (sulfide) groups is 1. The Morgan fingerprint density at radius 1 is 1.67 bits per heavy atom. The van der Waals surface area contributed by atoms with Gasteiger partial charge in [-0.05, 0) is 18.4 Å². The fourth-order valence-corrected chi connectivity index (χ4v) is 1.14. The lowest BCUT2D eigenvalue weighted by Crippen LogP contribution is -2.43. The van der Waals surface area contributed by atoms with Gasteiger partial charge >= 0.3 is 12.0 Å². The zero-order valence-corrected chi connectivity index (χ0v) is 7.56. The van der Waals surface area contributed by atoms with Gasteiger partial charge in [-0.25, -0.2) is 9.59 Å². The van der Waals surface area contributed by atoms with Gasteiger partial charge < -0.3 is 16.2 Å². The van der Waals surface area contributed by atoms with Gasteiger partial charge in [-0.3, -0.25) is 0 Å². The topological polar surface area (TPSA) is 92.4 Å². The van der Waals surface area contributed by atoms with Gasteiger partial charge in [-0.2, -0.15) is 11.8 Å². The molecule has 6 heteroatoms. The summed E-state index contributed by atoms with van der Waals surface area (Å²) in [7, 11) is 0. The van der Waals surface area contributed by atoms with Crippen molar-refractivity contribution in [2.24, 2.45) is 5.73 Å². The van der Waals surface area contributed by atoms with E-state index in [1.807, 2.05) is 6.26 Å². The molecule has 0 aliphatic heterocycles. The fourth-order valence-electron chi connectivity index (χ4n) is 0.665. The standard InChI is InChI=1S/C6H12N2O3S/c1-12-3-2-4(5(9)10)8-6(7)11/h4H,2-3H2,1H3,(H,9,10)(H3,7,8,11)/t4-/m0/s1. The van der Waals surface area contributed by atoms with E-state index in [9.17, 15) is 9.59 Å². The lowest BCUT2D eigenvalue weighted by atomic mass is 10.2. The third kappa shape index (κ3) is 4.84. The largest absolute Gasteiger partial charge is 0.480 e. The molecular formula is C6H12N2O3S. The molecular weight excluding hydrogens is 180 g/mol. The Labute approximate surface area is 74.7 Å². The highest BCUT2D eigenvalue weighted by molar-refractivity contribution is 7.98. The van der Waals surface area contributed by atoms with Gasteiger partial charge in [0, 0.05) is 0 Å². The Kier molecular flexibility index (Phi) is 5.27. The summed E-state index contributed by atoms with van der Waals surface area (Å²) >= 11 is 1.52. The average Bonchev–Trinajstić information content (AvgIpc) is 1.96. The van der Waals surface area contributed by atoms with Crippen molar-refractivity contribution in [3.63, 3.8) is 0 Å². The molecule has 0 aliphatic rings. The molecule has 4 N–H and O–H groups in total. The van der Waals surface area contributed by atoms with Gasteiger partial charge in [0.25, 0.3) is 0 Å². The molecule has 0 heterocycles. The number of carbonyl (C=O) groups excluding carboxylic acids is 1. The molecule has 70 valence electrons. The molecule has 5 nitrogen and oxygen atoms in total. The molecule has 0 saturated heterocycles. The van der Waals surface area contributed by atoms with Crippen molar-refractivity contribution in [3.05, 3.63) is 0 Å². The molecule has 0 spiro atoms. The molecule has 2 amide bonds. The lowest BCUT2D eigenvalue weighted by Gasteiger charge is -2.11. The first-order valence-electron chi connectivity index (χ1n) is 3.35. The first-order valence-corrected chi connectivity index (χ1v) is 4.75. The van der Waals surface area contributed by atoms with Crippen LogP contribution in [0.5, 0.6) is 0 Å². The van der Waals surface area contributed by atoms with E-state index in [-0.39, 0.29) is 0 Å². The third-order valence-corrected chi connectivity index (χ3v) is 1.87. The number of carboxylic acids is 1. The van der Waals surface area contributed by atoms with E-state index in [0.29, 0.717) is 12.2 Å². The number of aliphatic carboxylic acids is 1. The number of nitrogens with two attached hydrogens (primary N) is 1. The van der Waals surface area contributed by atoms with Crippen LogP contribution in [0, 0.1) is 0 Å². The summed E-state index contributed by atoms with van der Waals surface area (Å²) in [6.45, 7) is 0. The summed E-state index contributed by atoms with van der Waals surface area (Å²) in [6.07, 6.45) is 2.25. The molecule has 0 aromatic heterocycles. The number of hydrogen-bond acceptors (Lipinski definition) is 3. The lowest BCUT2D eigenvalue weighted by molar-refractivity contribution is -0.139. The van der Waals surface area contributed by atoms with Crippen molar-refractivity contribution in [1.82, 2.24) is 5.32 Å². The molecule has 1 atom stereocenters. The minimum atomic E-state index is -1.05. The first kappa shape index (κ1) is 11.1. The molecule has 0 unspecified atom stereocenters. The zero-order valence-electron chi connectivity index (χ0n) is 6.74. The van der Waals surface area contributed by atoms with Gasteiger partial charge in [0.05, 0.1) is 0 Å². The van der Waals surface area contributed by atoms with Crippen molar-refractivity contribution >= 4 is 23.8 Å². The van der Waals surface area contributed by atoms with Crippen molar-refractivity contribution < 1.29 is 14.7 Å². The Balaban J connectivity index is 3.87. The molecule has 0 aliphatic carbocycles. The summed E-state index contributed by atoms with van der Waals surface area (Å²) in [4.78, 5) is 20.8. The molecule has 0 saturated carbocycles. The predicted molar refractivity (Wildman–Crippen MR) is 47.1 cm³/mol. The first-order chi connectivity index (χ1) is 5.57. The number of amides is 2. The molecule has 12 heavy (non-hydrogen) atoms. The average molecular weight is 192 g/mol. The van der Waals surface area contributed by atoms with Crippen molar-refractivity contribution in [2.45, 2.75) is 12.5 Å². The predicted octanol–water partition coefficient (Wildman–Crippen LogP) is -0.139. The monoisotopic (exact) mass is 192 g/mol. The Bertz CT molecular complexity index is 174. The van der Waals surface area contributed by atoms with Crippen molar-refractivity contribution in [3.8, 4) is 0 Å². The molecule has 0 aromatic carbocycles. The van der Waals surface area contributed by atoms with E-state index in [2.05, 4.69) is 5.32 Å². The number of carbonyl (C=O) groups is 2. The van der Waals surface area contributed by atoms with Gasteiger partial charge in [0.15, 0.2) is 0 Å². The quantitative estimate of drug-likeness (QED) is 0.565. The Morgan fingerprint density at radius 2 is 2.25 bits per heavy atom. The van der Waals surface area contributed by atoms with Crippen LogP contribution in [0.1, 0.15) is 6.42 Å². The molecule has 0 fully saturated rings. The van der Waals surface area contributed by atoms with Crippen LogP contribution in [0.4, 0.5) is 4.79 Å². The minimum absolute atomic E-state index is 0.388. The van der Waals surface area contributed by atoms with Crippen LogP contribution in [0.3, 0.4) is 0 Å². The second-order valence-corrected chi connectivity index (χ2v) is 3.17. The maximum absolute atomic E-state index is 10.5. The summed E-state index contributed by atoms with van der Waals surface area (Å²) < 4.78 is 0. The van der Waals surface area contributed by atoms with Crippen molar-refractivity contribution in [2.75, 3.05) is 12.0 Å². The SMILES string of the molecule is CSCC[C@H](NC(N)=O)C(=O)O. The van der Waals surface area contributed by atoms with E-state index in [4.69, 9.17) is 10.8 Å². The van der Waals surface area contributed by atoms with Gasteiger partial charge in [0.1, 0.15) is 6.04 Å². The minimum Gasteiger partial charge on any atom is -0.480 e. The summed E-state index contributed by atoms with van der Waals surface area (Å²) in [6, 6.07) is -1.67. The van der Waals surface area contributed by atoms with Crippen LogP contribution in [0.2, 0.25) is 0 Å². The number of urea groups is 1. The second kappa shape index (κ2) is 5.70. The van der Waals surface area contributed by atoms with Gasteiger partial charge in [-0.15, -0.1) is 0 Å². The highest BCUT2D eigenvalue weighted by Crippen LogP contribution is 2.00. The van der Waals surface area contributed by atoms with Gasteiger partial charge in [0.2, 0.25) is 0 Å². The van der Waals surface area contributed by atoms with E-state index >= 15 is 0 Å². The van der Waals surface area contributed by atoms with E-state index in [1.54, 1.807) is 0 Å². The normalized spacial score (nSPS) is 12.1. The van der Waals surface area contributed by atoms with Crippen LogP contribution in [0.25, 0.3) is 0 Å². The number of nitrogens with one attached hydrogen (secondary N) is 1. The number of carboxylic acid groups (broad SMARTS) is 1. The fraction of sp³-hybridized carbons (Fsp3) is 0.667. The summed E-state index contributed by atoms with van der Waals surface area (Å²) in [5, 5.41) is 10.7. The third-order valence-electron chi connectivity index (χ3n) is 1.23. The molecule has 0 aromatic rings. The highest BCUT2D eigenvalue weighted by atomic mass is 32.2. The molecule has 0 rings (SSSR count). The highest BCUT2D eigenvalue weighted by Gasteiger charge is 2.17. The van der Waals surface area contributed by atoms with Crippen LogP contribution in [-0.4, -0.2) is 35.2 Å². The van der Waals surface area contributed by atoms with Crippen molar-refractivity contribution in [1.29, 1.82) is 0 Å². The van der Waals surface area contributed by atoms with Crippen LogP contribution in [-0.2, 0) is 4.79 Å². The van der Waals surface area contributed by atoms with E-state index < -0.39 is 18.0 Å². The summed E-state index contributed by atoms with van der Waals surface area (Å²) in [5.74, 6) is -0.375. The number of hydrogen-bond donors (Lipinski definition) is 3. The number of primary amides is 1. The van der Waals surface area contributed by atoms with Gasteiger partial charge in [-0.1, -0.05) is 0 Å². The van der Waals surface area contributed by atoms with Crippen LogP contribution >= 0.6 is 11.8 Å². The maximum Gasteiger partial charge on any atom is 0.326 e. The smallest absolute Gasteiger partial charge is 0.326 e. The van der Waals surface area contributed by atoms with Crippen LogP contribution in [0.15, 0.2) is 0 Å². The molecule has 0 radical (unpaired) electrons.